The first-order valence-electron chi connectivity index (χ1n) is 8.55. The molecule has 0 aliphatic carbocycles. The molecule has 23 heavy (non-hydrogen) atoms. The molecule has 1 atom stereocenters. The molecule has 1 N–H and O–H groups in total. The van der Waals surface area contributed by atoms with Crippen LogP contribution in [0, 0.1) is 5.41 Å². The van der Waals surface area contributed by atoms with Gasteiger partial charge in [0.15, 0.2) is 0 Å². The highest BCUT2D eigenvalue weighted by Crippen LogP contribution is 2.30. The maximum Gasteiger partial charge on any atom is 0.0778 e. The largest absolute Gasteiger partial charge is 0.394 e. The van der Waals surface area contributed by atoms with Crippen molar-refractivity contribution in [2.75, 3.05) is 6.61 Å². The van der Waals surface area contributed by atoms with Gasteiger partial charge in [-0.2, -0.15) is 0 Å². The topological polar surface area (TPSA) is 32.6 Å². The van der Waals surface area contributed by atoms with Crippen molar-refractivity contribution in [3.8, 4) is 0 Å². The number of rotatable bonds is 3. The second-order valence-electron chi connectivity index (χ2n) is 9.69. The average Bonchev–Trinajstić information content (AvgIpc) is 2.35. The number of hydrogen-bond donors (Lipinski definition) is 1. The minimum atomic E-state index is -0.0844. The molecule has 1 rings (SSSR count). The van der Waals surface area contributed by atoms with Crippen molar-refractivity contribution in [1.29, 1.82) is 0 Å². The summed E-state index contributed by atoms with van der Waals surface area (Å²) in [5, 5.41) is 9.59. The number of nitrogens with zero attached hydrogens (tertiary/aromatic N) is 1. The number of aliphatic hydroxyl groups excluding tert-OH is 1. The smallest absolute Gasteiger partial charge is 0.0778 e. The summed E-state index contributed by atoms with van der Waals surface area (Å²) in [5.74, 6) is 0. The fraction of sp³-hybridized carbons (Fsp3) is 0.667. The summed E-state index contributed by atoms with van der Waals surface area (Å²) in [4.78, 5) is 4.66. The molecule has 0 radical (unpaired) electrons. The summed E-state index contributed by atoms with van der Waals surface area (Å²) in [6.07, 6.45) is 1.93. The van der Waals surface area contributed by atoms with Gasteiger partial charge in [0, 0.05) is 6.21 Å². The van der Waals surface area contributed by atoms with Gasteiger partial charge in [0.05, 0.1) is 12.6 Å². The molecule has 0 saturated carbocycles. The zero-order valence-electron chi connectivity index (χ0n) is 16.5. The van der Waals surface area contributed by atoms with E-state index in [1.807, 2.05) is 6.21 Å². The highest BCUT2D eigenvalue weighted by atomic mass is 16.3. The van der Waals surface area contributed by atoms with Gasteiger partial charge in [0.2, 0.25) is 0 Å². The van der Waals surface area contributed by atoms with Crippen molar-refractivity contribution in [2.24, 2.45) is 10.4 Å². The predicted octanol–water partition coefficient (Wildman–Crippen LogP) is 5.11. The molecule has 0 aromatic heterocycles. The third kappa shape index (κ3) is 5.76. The van der Waals surface area contributed by atoms with Gasteiger partial charge < -0.3 is 5.11 Å². The monoisotopic (exact) mass is 317 g/mol. The molecule has 0 spiro atoms. The van der Waals surface area contributed by atoms with Crippen LogP contribution in [-0.2, 0) is 10.8 Å². The Kier molecular flexibility index (Phi) is 5.85. The van der Waals surface area contributed by atoms with Crippen LogP contribution in [0.25, 0.3) is 0 Å². The molecule has 1 aromatic rings. The molecule has 1 aromatic carbocycles. The Morgan fingerprint density at radius 2 is 1.30 bits per heavy atom. The minimum absolute atomic E-state index is 0.0419. The van der Waals surface area contributed by atoms with Gasteiger partial charge in [0.25, 0.3) is 0 Å². The molecule has 0 aliphatic heterocycles. The van der Waals surface area contributed by atoms with Gasteiger partial charge in [-0.3, -0.25) is 4.99 Å². The first kappa shape index (κ1) is 19.9. The van der Waals surface area contributed by atoms with Crippen molar-refractivity contribution >= 4 is 6.21 Å². The molecular weight excluding hydrogens is 282 g/mol. The highest BCUT2D eigenvalue weighted by Gasteiger charge is 2.23. The van der Waals surface area contributed by atoms with E-state index in [9.17, 15) is 5.11 Å². The Morgan fingerprint density at radius 3 is 1.61 bits per heavy atom. The van der Waals surface area contributed by atoms with Gasteiger partial charge in [-0.1, -0.05) is 68.4 Å². The molecule has 2 heteroatoms. The van der Waals surface area contributed by atoms with Gasteiger partial charge in [-0.15, -0.1) is 0 Å². The lowest BCUT2D eigenvalue weighted by atomic mass is 9.79. The SMILES string of the molecule is CC(C)(C)c1cc(C=N[C@@H](CO)C(C)(C)C)cc(C(C)(C)C)c1. The lowest BCUT2D eigenvalue weighted by Gasteiger charge is -2.27. The van der Waals surface area contributed by atoms with Crippen molar-refractivity contribution in [2.45, 2.75) is 79.2 Å². The molecule has 0 fully saturated rings. The Balaban J connectivity index is 3.31. The first-order valence-corrected chi connectivity index (χ1v) is 8.55. The Morgan fingerprint density at radius 1 is 0.870 bits per heavy atom. The fourth-order valence-electron chi connectivity index (χ4n) is 2.31. The van der Waals surface area contributed by atoms with E-state index < -0.39 is 0 Å². The second-order valence-corrected chi connectivity index (χ2v) is 9.69. The maximum absolute atomic E-state index is 9.59. The second kappa shape index (κ2) is 6.76. The van der Waals surface area contributed by atoms with Crippen LogP contribution >= 0.6 is 0 Å². The maximum atomic E-state index is 9.59. The summed E-state index contributed by atoms with van der Waals surface area (Å²) in [7, 11) is 0. The summed E-state index contributed by atoms with van der Waals surface area (Å²) in [5.41, 5.74) is 3.92. The number of aliphatic hydroxyl groups is 1. The molecule has 0 heterocycles. The van der Waals surface area contributed by atoms with E-state index in [0.29, 0.717) is 0 Å². The Labute approximate surface area is 143 Å². The van der Waals surface area contributed by atoms with E-state index in [4.69, 9.17) is 0 Å². The van der Waals surface area contributed by atoms with Crippen LogP contribution in [0.5, 0.6) is 0 Å². The normalized spacial score (nSPS) is 15.2. The molecule has 0 unspecified atom stereocenters. The summed E-state index contributed by atoms with van der Waals surface area (Å²) in [6.45, 7) is 19.8. The molecular formula is C21H35NO. The van der Waals surface area contributed by atoms with E-state index in [0.717, 1.165) is 5.56 Å². The van der Waals surface area contributed by atoms with Gasteiger partial charge in [-0.25, -0.2) is 0 Å². The first-order chi connectivity index (χ1) is 10.2. The van der Waals surface area contributed by atoms with E-state index in [2.05, 4.69) is 85.5 Å². The molecule has 0 saturated heterocycles. The third-order valence-electron chi connectivity index (χ3n) is 4.26. The van der Waals surface area contributed by atoms with E-state index in [-0.39, 0.29) is 28.9 Å². The predicted molar refractivity (Wildman–Crippen MR) is 102 cm³/mol. The quantitative estimate of drug-likeness (QED) is 0.772. The third-order valence-corrected chi connectivity index (χ3v) is 4.26. The van der Waals surface area contributed by atoms with E-state index >= 15 is 0 Å². The molecule has 2 nitrogen and oxygen atoms in total. The standard InChI is InChI=1S/C21H35NO/c1-19(2,3)16-10-15(11-17(12-16)20(4,5)6)13-22-18(14-23)21(7,8)9/h10-13,18,23H,14H2,1-9H3/t18-/m0/s1. The van der Waals surface area contributed by atoms with Crippen molar-refractivity contribution < 1.29 is 5.11 Å². The number of hydrogen-bond acceptors (Lipinski definition) is 2. The van der Waals surface area contributed by atoms with Crippen molar-refractivity contribution in [3.63, 3.8) is 0 Å². The number of benzene rings is 1. The zero-order valence-corrected chi connectivity index (χ0v) is 16.5. The highest BCUT2D eigenvalue weighted by molar-refractivity contribution is 5.80. The lowest BCUT2D eigenvalue weighted by molar-refractivity contribution is 0.191. The van der Waals surface area contributed by atoms with Gasteiger partial charge >= 0.3 is 0 Å². The average molecular weight is 318 g/mol. The van der Waals surface area contributed by atoms with Crippen LogP contribution in [0.15, 0.2) is 23.2 Å². The van der Waals surface area contributed by atoms with Gasteiger partial charge in [-0.05, 0) is 45.1 Å². The van der Waals surface area contributed by atoms with Crippen LogP contribution in [0.1, 0.15) is 79.0 Å². The Hall–Kier alpha value is -1.15. The summed E-state index contributed by atoms with van der Waals surface area (Å²) >= 11 is 0. The van der Waals surface area contributed by atoms with Crippen LogP contribution < -0.4 is 0 Å². The van der Waals surface area contributed by atoms with Gasteiger partial charge in [0.1, 0.15) is 0 Å². The molecule has 0 aliphatic rings. The van der Waals surface area contributed by atoms with Crippen LogP contribution in [0.3, 0.4) is 0 Å². The Bertz CT molecular complexity index is 518. The summed E-state index contributed by atoms with van der Waals surface area (Å²) in [6, 6.07) is 6.66. The molecule has 130 valence electrons. The fourth-order valence-corrected chi connectivity index (χ4v) is 2.31. The van der Waals surface area contributed by atoms with Crippen molar-refractivity contribution in [3.05, 3.63) is 34.9 Å². The van der Waals surface area contributed by atoms with Crippen LogP contribution in [-0.4, -0.2) is 24.0 Å². The zero-order chi connectivity index (χ0) is 18.1. The lowest BCUT2D eigenvalue weighted by Crippen LogP contribution is -2.28. The van der Waals surface area contributed by atoms with Crippen LogP contribution in [0.4, 0.5) is 0 Å². The minimum Gasteiger partial charge on any atom is -0.394 e. The molecule has 0 bridgehead atoms. The van der Waals surface area contributed by atoms with E-state index in [1.165, 1.54) is 11.1 Å². The summed E-state index contributed by atoms with van der Waals surface area (Å²) < 4.78 is 0. The molecule has 0 amide bonds. The number of aliphatic imine (C=N–C) groups is 1. The van der Waals surface area contributed by atoms with Crippen LogP contribution in [0.2, 0.25) is 0 Å². The van der Waals surface area contributed by atoms with Crippen molar-refractivity contribution in [1.82, 2.24) is 0 Å². The van der Waals surface area contributed by atoms with E-state index in [1.54, 1.807) is 0 Å².